The van der Waals surface area contributed by atoms with Crippen LogP contribution in [0.5, 0.6) is 0 Å². The summed E-state index contributed by atoms with van der Waals surface area (Å²) in [6.45, 7) is 0.574. The van der Waals surface area contributed by atoms with Crippen molar-refractivity contribution in [3.8, 4) is 0 Å². The maximum atomic E-state index is 11.3. The zero-order valence-electron chi connectivity index (χ0n) is 8.48. The molecule has 0 aromatic heterocycles. The van der Waals surface area contributed by atoms with Crippen molar-refractivity contribution < 1.29 is 13.2 Å². The first-order valence-electron chi connectivity index (χ1n) is 4.94. The van der Waals surface area contributed by atoms with Crippen LogP contribution < -0.4 is 11.1 Å². The van der Waals surface area contributed by atoms with Gasteiger partial charge in [-0.1, -0.05) is 0 Å². The summed E-state index contributed by atoms with van der Waals surface area (Å²) in [5.41, 5.74) is 5.29. The Bertz CT molecular complexity index is 348. The first-order valence-corrected chi connectivity index (χ1v) is 6.65. The maximum Gasteiger partial charge on any atom is 0.220 e. The van der Waals surface area contributed by atoms with E-state index in [0.29, 0.717) is 13.0 Å². The van der Waals surface area contributed by atoms with Crippen molar-refractivity contribution in [3.63, 3.8) is 0 Å². The van der Waals surface area contributed by atoms with E-state index < -0.39 is 9.84 Å². The number of hydrogen-bond acceptors (Lipinski definition) is 4. The van der Waals surface area contributed by atoms with Gasteiger partial charge in [-0.25, -0.2) is 8.42 Å². The van der Waals surface area contributed by atoms with Gasteiger partial charge in [-0.15, -0.1) is 0 Å². The molecule has 1 heterocycles. The maximum absolute atomic E-state index is 11.3. The molecule has 86 valence electrons. The van der Waals surface area contributed by atoms with E-state index in [-0.39, 0.29) is 17.7 Å². The Morgan fingerprint density at radius 1 is 1.47 bits per heavy atom. The number of hydrogen-bond donors (Lipinski definition) is 2. The molecule has 5 nitrogen and oxygen atoms in total. The molecule has 0 aromatic carbocycles. The Kier molecular flexibility index (Phi) is 4.28. The lowest BCUT2D eigenvalue weighted by Gasteiger charge is -2.09. The second-order valence-corrected chi connectivity index (χ2v) is 5.51. The summed E-state index contributed by atoms with van der Waals surface area (Å²) in [6.07, 6.45) is 3.47. The highest BCUT2D eigenvalue weighted by Gasteiger charge is 2.22. The Morgan fingerprint density at radius 3 is 2.73 bits per heavy atom. The topological polar surface area (TPSA) is 89.3 Å². The predicted molar refractivity (Wildman–Crippen MR) is 57.8 cm³/mol. The standard InChI is InChI=1S/C9H16N2O3S/c10-5-2-1-3-9(12)11-8-4-6-15(13,14)7-8/h4,6,8H,1-3,5,7,10H2,(H,11,12). The zero-order valence-corrected chi connectivity index (χ0v) is 9.29. The number of nitrogens with two attached hydrogens (primary N) is 1. The molecule has 6 heteroatoms. The van der Waals surface area contributed by atoms with E-state index in [0.717, 1.165) is 18.2 Å². The van der Waals surface area contributed by atoms with Crippen LogP contribution in [0.25, 0.3) is 0 Å². The molecule has 0 saturated heterocycles. The van der Waals surface area contributed by atoms with Crippen LogP contribution in [0.4, 0.5) is 0 Å². The second-order valence-electron chi connectivity index (χ2n) is 3.58. The predicted octanol–water partition coefficient (Wildman–Crippen LogP) is -0.458. The molecule has 0 fully saturated rings. The lowest BCUT2D eigenvalue weighted by Crippen LogP contribution is -2.35. The number of rotatable bonds is 5. The van der Waals surface area contributed by atoms with Crippen LogP contribution in [0.1, 0.15) is 19.3 Å². The first kappa shape index (κ1) is 12.2. The van der Waals surface area contributed by atoms with Crippen LogP contribution in [0.2, 0.25) is 0 Å². The molecule has 1 amide bonds. The van der Waals surface area contributed by atoms with Gasteiger partial charge in [0.05, 0.1) is 11.8 Å². The van der Waals surface area contributed by atoms with E-state index in [1.54, 1.807) is 0 Å². The van der Waals surface area contributed by atoms with Gasteiger partial charge in [-0.05, 0) is 25.5 Å². The van der Waals surface area contributed by atoms with Gasteiger partial charge >= 0.3 is 0 Å². The van der Waals surface area contributed by atoms with Crippen LogP contribution in [-0.4, -0.2) is 32.7 Å². The van der Waals surface area contributed by atoms with E-state index in [2.05, 4.69) is 5.32 Å². The van der Waals surface area contributed by atoms with Crippen LogP contribution in [0, 0.1) is 0 Å². The molecule has 1 aliphatic rings. The van der Waals surface area contributed by atoms with Gasteiger partial charge in [0.1, 0.15) is 0 Å². The molecule has 1 aliphatic heterocycles. The van der Waals surface area contributed by atoms with Crippen LogP contribution in [0.15, 0.2) is 11.5 Å². The molecular formula is C9H16N2O3S. The molecule has 0 aliphatic carbocycles. The molecule has 15 heavy (non-hydrogen) atoms. The highest BCUT2D eigenvalue weighted by atomic mass is 32.2. The number of sulfone groups is 1. The lowest BCUT2D eigenvalue weighted by atomic mass is 10.2. The number of carbonyl (C=O) groups is 1. The summed E-state index contributed by atoms with van der Waals surface area (Å²) >= 11 is 0. The van der Waals surface area contributed by atoms with Crippen molar-refractivity contribution in [2.75, 3.05) is 12.3 Å². The molecule has 0 spiro atoms. The molecule has 1 unspecified atom stereocenters. The lowest BCUT2D eigenvalue weighted by molar-refractivity contribution is -0.121. The summed E-state index contributed by atoms with van der Waals surface area (Å²) in [6, 6.07) is -0.361. The third-order valence-corrected chi connectivity index (χ3v) is 3.53. The van der Waals surface area contributed by atoms with E-state index in [4.69, 9.17) is 5.73 Å². The van der Waals surface area contributed by atoms with Crippen LogP contribution in [0.3, 0.4) is 0 Å². The van der Waals surface area contributed by atoms with E-state index >= 15 is 0 Å². The fourth-order valence-electron chi connectivity index (χ4n) is 1.37. The van der Waals surface area contributed by atoms with Gasteiger partial charge in [0.25, 0.3) is 0 Å². The summed E-state index contributed by atoms with van der Waals surface area (Å²) in [5, 5.41) is 3.80. The summed E-state index contributed by atoms with van der Waals surface area (Å²) < 4.78 is 22.1. The first-order chi connectivity index (χ1) is 7.03. The summed E-state index contributed by atoms with van der Waals surface area (Å²) in [7, 11) is -3.08. The molecule has 0 aromatic rings. The van der Waals surface area contributed by atoms with Crippen molar-refractivity contribution in [2.24, 2.45) is 5.73 Å². The minimum absolute atomic E-state index is 0.0182. The van der Waals surface area contributed by atoms with Crippen molar-refractivity contribution >= 4 is 15.7 Å². The Hall–Kier alpha value is -0.880. The normalized spacial score (nSPS) is 22.9. The van der Waals surface area contributed by atoms with Gasteiger partial charge in [0.2, 0.25) is 5.91 Å². The average molecular weight is 232 g/mol. The van der Waals surface area contributed by atoms with E-state index in [1.165, 1.54) is 6.08 Å². The highest BCUT2D eigenvalue weighted by Crippen LogP contribution is 2.08. The third kappa shape index (κ3) is 4.44. The third-order valence-electron chi connectivity index (χ3n) is 2.13. The number of amides is 1. The van der Waals surface area contributed by atoms with Gasteiger partial charge in [0.15, 0.2) is 9.84 Å². The van der Waals surface area contributed by atoms with Crippen molar-refractivity contribution in [1.82, 2.24) is 5.32 Å². The largest absolute Gasteiger partial charge is 0.349 e. The molecular weight excluding hydrogens is 216 g/mol. The minimum atomic E-state index is -3.08. The quantitative estimate of drug-likeness (QED) is 0.628. The van der Waals surface area contributed by atoms with Crippen molar-refractivity contribution in [3.05, 3.63) is 11.5 Å². The molecule has 1 atom stereocenters. The fourth-order valence-corrected chi connectivity index (χ4v) is 2.61. The molecule has 3 N–H and O–H groups in total. The van der Waals surface area contributed by atoms with Crippen molar-refractivity contribution in [1.29, 1.82) is 0 Å². The smallest absolute Gasteiger partial charge is 0.220 e. The monoisotopic (exact) mass is 232 g/mol. The highest BCUT2D eigenvalue weighted by molar-refractivity contribution is 7.94. The number of nitrogens with one attached hydrogen (secondary N) is 1. The Morgan fingerprint density at radius 2 is 2.20 bits per heavy atom. The molecule has 0 saturated carbocycles. The van der Waals surface area contributed by atoms with Gasteiger partial charge in [-0.3, -0.25) is 4.79 Å². The van der Waals surface area contributed by atoms with E-state index in [1.807, 2.05) is 0 Å². The number of unbranched alkanes of at least 4 members (excludes halogenated alkanes) is 1. The zero-order chi connectivity index (χ0) is 11.3. The SMILES string of the molecule is NCCCCC(=O)NC1C=CS(=O)(=O)C1. The van der Waals surface area contributed by atoms with Gasteiger partial charge in [-0.2, -0.15) is 0 Å². The summed E-state index contributed by atoms with van der Waals surface area (Å²) in [5.74, 6) is -0.134. The summed E-state index contributed by atoms with van der Waals surface area (Å²) in [4.78, 5) is 11.3. The van der Waals surface area contributed by atoms with Crippen LogP contribution >= 0.6 is 0 Å². The molecule has 0 bridgehead atoms. The minimum Gasteiger partial charge on any atom is -0.349 e. The van der Waals surface area contributed by atoms with Crippen LogP contribution in [-0.2, 0) is 14.6 Å². The number of carbonyl (C=O) groups excluding carboxylic acids is 1. The van der Waals surface area contributed by atoms with Gasteiger partial charge in [0, 0.05) is 11.8 Å². The van der Waals surface area contributed by atoms with Gasteiger partial charge < -0.3 is 11.1 Å². The Balaban J connectivity index is 2.26. The van der Waals surface area contributed by atoms with Crippen molar-refractivity contribution in [2.45, 2.75) is 25.3 Å². The Labute approximate surface area is 89.6 Å². The molecule has 0 radical (unpaired) electrons. The van der Waals surface area contributed by atoms with E-state index in [9.17, 15) is 13.2 Å². The molecule has 1 rings (SSSR count). The fraction of sp³-hybridized carbons (Fsp3) is 0.667. The second kappa shape index (κ2) is 5.27. The average Bonchev–Trinajstić information content (AvgIpc) is 2.46.